The molecule has 0 aliphatic carbocycles. The van der Waals surface area contributed by atoms with Crippen LogP contribution in [0.4, 0.5) is 14.5 Å². The lowest BCUT2D eigenvalue weighted by Gasteiger charge is -2.10. The van der Waals surface area contributed by atoms with E-state index in [1.807, 2.05) is 0 Å². The molecule has 0 saturated heterocycles. The Labute approximate surface area is 119 Å². The molecule has 5 heteroatoms. The van der Waals surface area contributed by atoms with Gasteiger partial charge in [-0.05, 0) is 36.4 Å². The first kappa shape index (κ1) is 13.2. The van der Waals surface area contributed by atoms with E-state index >= 15 is 0 Å². The normalized spacial score (nSPS) is 16.8. The number of benzene rings is 2. The second-order valence-corrected chi connectivity index (χ2v) is 5.78. The molecule has 1 aliphatic rings. The molecule has 0 aromatic heterocycles. The van der Waals surface area contributed by atoms with E-state index in [9.17, 15) is 8.78 Å². The molecular formula is C15H13F2NOS. The first-order valence-corrected chi connectivity index (χ1v) is 7.23. The first-order valence-electron chi connectivity index (χ1n) is 6.25. The van der Waals surface area contributed by atoms with Gasteiger partial charge in [-0.3, -0.25) is 0 Å². The molecule has 2 aromatic carbocycles. The summed E-state index contributed by atoms with van der Waals surface area (Å²) in [7, 11) is 0. The van der Waals surface area contributed by atoms with E-state index in [4.69, 9.17) is 10.5 Å². The van der Waals surface area contributed by atoms with Crippen molar-refractivity contribution in [2.24, 2.45) is 0 Å². The number of halogens is 2. The van der Waals surface area contributed by atoms with Crippen molar-refractivity contribution in [3.8, 4) is 5.75 Å². The second kappa shape index (κ2) is 5.32. The maximum atomic E-state index is 13.3. The Morgan fingerprint density at radius 1 is 1.20 bits per heavy atom. The molecule has 3 rings (SSSR count). The SMILES string of the molecule is Nc1ccc(SCC2Cc3cc(F)ccc3O2)cc1F. The van der Waals surface area contributed by atoms with E-state index in [-0.39, 0.29) is 17.6 Å². The number of anilines is 1. The number of rotatable bonds is 3. The Kier molecular flexibility index (Phi) is 3.53. The van der Waals surface area contributed by atoms with Gasteiger partial charge in [0.1, 0.15) is 23.5 Å². The summed E-state index contributed by atoms with van der Waals surface area (Å²) in [4.78, 5) is 0.808. The lowest BCUT2D eigenvalue weighted by molar-refractivity contribution is 0.259. The number of hydrogen-bond donors (Lipinski definition) is 1. The van der Waals surface area contributed by atoms with Crippen LogP contribution in [0.15, 0.2) is 41.3 Å². The van der Waals surface area contributed by atoms with Crippen LogP contribution in [0.1, 0.15) is 5.56 Å². The topological polar surface area (TPSA) is 35.2 Å². The maximum Gasteiger partial charge on any atom is 0.147 e. The summed E-state index contributed by atoms with van der Waals surface area (Å²) in [5, 5.41) is 0. The van der Waals surface area contributed by atoms with Gasteiger partial charge in [0.15, 0.2) is 0 Å². The van der Waals surface area contributed by atoms with E-state index in [2.05, 4.69) is 0 Å². The van der Waals surface area contributed by atoms with Gasteiger partial charge >= 0.3 is 0 Å². The van der Waals surface area contributed by atoms with Crippen molar-refractivity contribution >= 4 is 17.4 Å². The number of hydrogen-bond acceptors (Lipinski definition) is 3. The second-order valence-electron chi connectivity index (χ2n) is 4.69. The summed E-state index contributed by atoms with van der Waals surface area (Å²) in [5.41, 5.74) is 6.47. The van der Waals surface area contributed by atoms with Crippen LogP contribution in [-0.4, -0.2) is 11.9 Å². The standard InChI is InChI=1S/C15H13F2NOS/c16-10-1-4-15-9(5-10)6-11(19-15)8-20-12-2-3-14(18)13(17)7-12/h1-5,7,11H,6,8,18H2. The highest BCUT2D eigenvalue weighted by Gasteiger charge is 2.23. The first-order chi connectivity index (χ1) is 9.61. The van der Waals surface area contributed by atoms with E-state index in [1.165, 1.54) is 30.0 Å². The third-order valence-corrected chi connectivity index (χ3v) is 4.30. The molecule has 0 bridgehead atoms. The van der Waals surface area contributed by atoms with Gasteiger partial charge in [0.05, 0.1) is 5.69 Å². The molecule has 0 amide bonds. The van der Waals surface area contributed by atoms with Crippen molar-refractivity contribution in [1.29, 1.82) is 0 Å². The molecule has 0 spiro atoms. The van der Waals surface area contributed by atoms with Crippen molar-refractivity contribution in [1.82, 2.24) is 0 Å². The fourth-order valence-corrected chi connectivity index (χ4v) is 3.08. The van der Waals surface area contributed by atoms with Gasteiger partial charge < -0.3 is 10.5 Å². The highest BCUT2D eigenvalue weighted by molar-refractivity contribution is 7.99. The van der Waals surface area contributed by atoms with Crippen LogP contribution in [0.3, 0.4) is 0 Å². The Balaban J connectivity index is 1.62. The average molecular weight is 293 g/mol. The Bertz CT molecular complexity index is 648. The van der Waals surface area contributed by atoms with Crippen molar-refractivity contribution in [2.45, 2.75) is 17.4 Å². The van der Waals surface area contributed by atoms with Gasteiger partial charge in [0.25, 0.3) is 0 Å². The van der Waals surface area contributed by atoms with Crippen LogP contribution in [0.5, 0.6) is 5.75 Å². The minimum atomic E-state index is -0.410. The van der Waals surface area contributed by atoms with E-state index < -0.39 is 5.82 Å². The Hall–Kier alpha value is -1.75. The van der Waals surface area contributed by atoms with Gasteiger partial charge in [-0.2, -0.15) is 0 Å². The van der Waals surface area contributed by atoms with E-state index in [0.29, 0.717) is 12.2 Å². The smallest absolute Gasteiger partial charge is 0.147 e. The number of nitrogen functional groups attached to an aromatic ring is 1. The summed E-state index contributed by atoms with van der Waals surface area (Å²) in [6, 6.07) is 9.30. The summed E-state index contributed by atoms with van der Waals surface area (Å²) in [6.45, 7) is 0. The molecule has 2 aromatic rings. The zero-order valence-electron chi connectivity index (χ0n) is 10.6. The van der Waals surface area contributed by atoms with Gasteiger partial charge in [0, 0.05) is 22.6 Å². The average Bonchev–Trinajstić information content (AvgIpc) is 2.82. The highest BCUT2D eigenvalue weighted by Crippen LogP contribution is 2.32. The minimum Gasteiger partial charge on any atom is -0.489 e. The minimum absolute atomic E-state index is 0.0163. The largest absolute Gasteiger partial charge is 0.489 e. The monoisotopic (exact) mass is 293 g/mol. The van der Waals surface area contributed by atoms with Gasteiger partial charge in [-0.1, -0.05) is 0 Å². The number of fused-ring (bicyclic) bond motifs is 1. The molecule has 2 N–H and O–H groups in total. The summed E-state index contributed by atoms with van der Waals surface area (Å²) < 4.78 is 32.2. The molecule has 1 aliphatic heterocycles. The zero-order valence-corrected chi connectivity index (χ0v) is 11.4. The third kappa shape index (κ3) is 2.72. The van der Waals surface area contributed by atoms with Crippen molar-refractivity contribution < 1.29 is 13.5 Å². The van der Waals surface area contributed by atoms with Crippen LogP contribution in [0.2, 0.25) is 0 Å². The molecule has 20 heavy (non-hydrogen) atoms. The highest BCUT2D eigenvalue weighted by atomic mass is 32.2. The quantitative estimate of drug-likeness (QED) is 0.693. The molecule has 2 nitrogen and oxygen atoms in total. The lowest BCUT2D eigenvalue weighted by atomic mass is 10.1. The van der Waals surface area contributed by atoms with Crippen LogP contribution in [-0.2, 0) is 6.42 Å². The van der Waals surface area contributed by atoms with Gasteiger partial charge in [0.2, 0.25) is 0 Å². The predicted molar refractivity (Wildman–Crippen MR) is 76.1 cm³/mol. The molecule has 1 atom stereocenters. The van der Waals surface area contributed by atoms with Crippen LogP contribution < -0.4 is 10.5 Å². The molecule has 104 valence electrons. The summed E-state index contributed by atoms with van der Waals surface area (Å²) in [6.07, 6.45) is 0.662. The van der Waals surface area contributed by atoms with Crippen molar-refractivity contribution in [3.63, 3.8) is 0 Å². The summed E-state index contributed by atoms with van der Waals surface area (Å²) in [5.74, 6) is 0.758. The summed E-state index contributed by atoms with van der Waals surface area (Å²) >= 11 is 1.50. The van der Waals surface area contributed by atoms with Crippen molar-refractivity contribution in [2.75, 3.05) is 11.5 Å². The fraction of sp³-hybridized carbons (Fsp3) is 0.200. The Morgan fingerprint density at radius 3 is 2.85 bits per heavy atom. The number of ether oxygens (including phenoxy) is 1. The predicted octanol–water partition coefficient (Wildman–Crippen LogP) is 3.64. The van der Waals surface area contributed by atoms with Gasteiger partial charge in [-0.15, -0.1) is 11.8 Å². The Morgan fingerprint density at radius 2 is 2.05 bits per heavy atom. The molecular weight excluding hydrogens is 280 g/mol. The molecule has 0 saturated carbocycles. The molecule has 1 unspecified atom stereocenters. The van der Waals surface area contributed by atoms with E-state index in [0.717, 1.165) is 16.2 Å². The van der Waals surface area contributed by atoms with Crippen LogP contribution in [0, 0.1) is 11.6 Å². The molecule has 1 heterocycles. The number of thioether (sulfide) groups is 1. The number of nitrogens with two attached hydrogens (primary N) is 1. The molecule has 0 radical (unpaired) electrons. The van der Waals surface area contributed by atoms with Crippen LogP contribution in [0.25, 0.3) is 0 Å². The van der Waals surface area contributed by atoms with E-state index in [1.54, 1.807) is 18.2 Å². The van der Waals surface area contributed by atoms with Gasteiger partial charge in [-0.25, -0.2) is 8.78 Å². The molecule has 0 fully saturated rings. The zero-order chi connectivity index (χ0) is 14.1. The fourth-order valence-electron chi connectivity index (χ4n) is 2.17. The maximum absolute atomic E-state index is 13.3. The lowest BCUT2D eigenvalue weighted by Crippen LogP contribution is -2.15. The van der Waals surface area contributed by atoms with Crippen molar-refractivity contribution in [3.05, 3.63) is 53.6 Å². The van der Waals surface area contributed by atoms with Crippen LogP contribution >= 0.6 is 11.8 Å². The third-order valence-electron chi connectivity index (χ3n) is 3.17.